The van der Waals surface area contributed by atoms with Gasteiger partial charge in [0, 0.05) is 31.2 Å². The topological polar surface area (TPSA) is 379 Å². The molecule has 1 heterocycles. The first kappa shape index (κ1) is 53.2. The summed E-state index contributed by atoms with van der Waals surface area (Å²) in [7, 11) is -15.7. The third kappa shape index (κ3) is 140. The fourth-order valence-corrected chi connectivity index (χ4v) is 1.70. The van der Waals surface area contributed by atoms with Crippen LogP contribution in [-0.2, 0) is 46.9 Å². The first-order chi connectivity index (χ1) is 15.3. The standard InChI is InChI=1S/C12H19ClN2.4CH4O3S.3H3N/c13-12-8-7-11(10-15-12)6-4-2-1-3-5-9-14;4*1-5(2,3)4;;;/h7-8,10H,1-6,9,14H2;4*1H3,(H,2,3,4);3*1H3. The zero-order valence-corrected chi connectivity index (χ0v) is 26.8. The molecule has 1 aromatic rings. The summed E-state index contributed by atoms with van der Waals surface area (Å²) in [6, 6.07) is 3.92. The summed E-state index contributed by atoms with van der Waals surface area (Å²) >= 11 is 5.71. The number of unbranched alkanes of at least 4 members (excludes halogenated alkanes) is 4. The van der Waals surface area contributed by atoms with Crippen LogP contribution in [0.15, 0.2) is 18.3 Å². The molecular formula is C16H44ClN5O12S4. The van der Waals surface area contributed by atoms with E-state index in [1.807, 2.05) is 12.3 Å². The average Bonchev–Trinajstić information content (AvgIpc) is 2.53. The molecule has 0 aliphatic heterocycles. The minimum Gasteiger partial charge on any atom is -0.748 e. The lowest BCUT2D eigenvalue weighted by molar-refractivity contribution is -0.368. The van der Waals surface area contributed by atoms with Crippen LogP contribution >= 0.6 is 11.6 Å². The molecule has 0 radical (unpaired) electrons. The summed E-state index contributed by atoms with van der Waals surface area (Å²) in [5.74, 6) is 0. The highest BCUT2D eigenvalue weighted by atomic mass is 35.5. The van der Waals surface area contributed by atoms with E-state index in [0.29, 0.717) is 30.2 Å². The number of aromatic nitrogens is 1. The molecule has 0 fully saturated rings. The van der Waals surface area contributed by atoms with Gasteiger partial charge in [-0.1, -0.05) is 30.5 Å². The summed E-state index contributed by atoms with van der Waals surface area (Å²) in [5.41, 5.74) is 5.13. The number of quaternary nitrogens is 4. The van der Waals surface area contributed by atoms with Crippen molar-refractivity contribution in [2.45, 2.75) is 38.5 Å². The second-order valence-electron chi connectivity index (χ2n) is 6.68. The largest absolute Gasteiger partial charge is 0.748 e. The highest BCUT2D eigenvalue weighted by molar-refractivity contribution is 7.85. The molecule has 0 aliphatic carbocycles. The molecule has 0 saturated heterocycles. The number of pyridine rings is 1. The molecule has 0 spiro atoms. The molecule has 0 bridgehead atoms. The molecule has 0 unspecified atom stereocenters. The second kappa shape index (κ2) is 27.5. The summed E-state index contributed by atoms with van der Waals surface area (Å²) in [6.45, 7) is 1.07. The van der Waals surface area contributed by atoms with Gasteiger partial charge in [-0.2, -0.15) is 0 Å². The lowest BCUT2D eigenvalue weighted by Gasteiger charge is -2.01. The maximum atomic E-state index is 9.08. The Labute approximate surface area is 231 Å². The molecule has 38 heavy (non-hydrogen) atoms. The van der Waals surface area contributed by atoms with Crippen LogP contribution in [-0.4, -0.2) is 88.4 Å². The maximum absolute atomic E-state index is 9.08. The van der Waals surface area contributed by atoms with Crippen LogP contribution < -0.4 is 24.2 Å². The highest BCUT2D eigenvalue weighted by Crippen LogP contribution is 2.10. The third-order valence-corrected chi connectivity index (χ3v) is 2.73. The first-order valence-electron chi connectivity index (χ1n) is 9.36. The monoisotopic (exact) mass is 661 g/mol. The number of hydrogen-bond donors (Lipinski definition) is 4. The Morgan fingerprint density at radius 3 is 1.21 bits per heavy atom. The minimum atomic E-state index is -3.92. The zero-order valence-electron chi connectivity index (χ0n) is 22.7. The molecule has 1 rings (SSSR count). The van der Waals surface area contributed by atoms with Crippen molar-refractivity contribution in [2.24, 2.45) is 0 Å². The summed E-state index contributed by atoms with van der Waals surface area (Å²) < 4.78 is 109. The van der Waals surface area contributed by atoms with E-state index in [-0.39, 0.29) is 18.5 Å². The van der Waals surface area contributed by atoms with Gasteiger partial charge in [0.1, 0.15) is 5.15 Å². The molecule has 1 aromatic heterocycles. The molecule has 17 nitrogen and oxygen atoms in total. The molecule has 236 valence electrons. The van der Waals surface area contributed by atoms with E-state index in [4.69, 9.17) is 63.5 Å². The van der Waals surface area contributed by atoms with E-state index in [9.17, 15) is 0 Å². The molecule has 0 amide bonds. The number of aryl methyl sites for hydroxylation is 1. The normalized spacial score (nSPS) is 10.3. The molecule has 22 heteroatoms. The fourth-order valence-electron chi connectivity index (χ4n) is 1.59. The van der Waals surface area contributed by atoms with Crippen molar-refractivity contribution >= 4 is 52.1 Å². The second-order valence-corrected chi connectivity index (χ2v) is 12.7. The quantitative estimate of drug-likeness (QED) is 0.173. The van der Waals surface area contributed by atoms with Crippen molar-refractivity contribution in [1.82, 2.24) is 23.4 Å². The van der Waals surface area contributed by atoms with Gasteiger partial charge in [0.25, 0.3) is 0 Å². The van der Waals surface area contributed by atoms with Crippen molar-refractivity contribution in [3.05, 3.63) is 29.0 Å². The predicted molar refractivity (Wildman–Crippen MR) is 144 cm³/mol. The van der Waals surface area contributed by atoms with Crippen molar-refractivity contribution < 1.29 is 57.6 Å². The Morgan fingerprint density at radius 2 is 0.947 bits per heavy atom. The van der Waals surface area contributed by atoms with Crippen molar-refractivity contribution in [3.63, 3.8) is 0 Å². The van der Waals surface area contributed by atoms with E-state index in [2.05, 4.69) is 16.8 Å². The molecule has 15 N–H and O–H groups in total. The van der Waals surface area contributed by atoms with Crippen LogP contribution in [0.1, 0.15) is 37.7 Å². The van der Waals surface area contributed by atoms with E-state index in [0.717, 1.165) is 13.0 Å². The van der Waals surface area contributed by atoms with E-state index in [1.165, 1.54) is 37.7 Å². The average molecular weight is 662 g/mol. The molecule has 0 aliphatic rings. The Morgan fingerprint density at radius 1 is 0.658 bits per heavy atom. The van der Waals surface area contributed by atoms with Crippen LogP contribution in [0, 0.1) is 0 Å². The Balaban J connectivity index is -0.0000000705. The van der Waals surface area contributed by atoms with Gasteiger partial charge >= 0.3 is 0 Å². The van der Waals surface area contributed by atoms with Crippen molar-refractivity contribution in [2.75, 3.05) is 31.6 Å². The van der Waals surface area contributed by atoms with Crippen LogP contribution in [0.2, 0.25) is 5.15 Å². The van der Waals surface area contributed by atoms with E-state index < -0.39 is 40.5 Å². The maximum Gasteiger partial charge on any atom is 0.129 e. The first-order valence-corrected chi connectivity index (χ1v) is 17.0. The molecule has 0 saturated carbocycles. The van der Waals surface area contributed by atoms with Crippen LogP contribution in [0.25, 0.3) is 0 Å². The third-order valence-electron chi connectivity index (χ3n) is 2.50. The number of hydrogen-bond acceptors (Lipinski definition) is 13. The fraction of sp³-hybridized carbons (Fsp3) is 0.688. The SMILES string of the molecule is CS(=O)(=O)[O-].CS(=O)(=O)[O-].CS(=O)(=O)[O-].CS(=O)(=O)[O-].[NH3+]CCCCCCCc1ccc(Cl)nc1.[NH4+].[NH4+].[NH4+]. The molecule has 0 aromatic carbocycles. The van der Waals surface area contributed by atoms with Gasteiger partial charge in [-0.25, -0.2) is 38.7 Å². The molecule has 0 atom stereocenters. The van der Waals surface area contributed by atoms with Crippen molar-refractivity contribution in [3.8, 4) is 0 Å². The Bertz CT molecular complexity index is 932. The van der Waals surface area contributed by atoms with E-state index >= 15 is 0 Å². The van der Waals surface area contributed by atoms with Crippen LogP contribution in [0.5, 0.6) is 0 Å². The van der Waals surface area contributed by atoms with Gasteiger partial charge in [0.15, 0.2) is 0 Å². The summed E-state index contributed by atoms with van der Waals surface area (Å²) in [4.78, 5) is 4.06. The Hall–Kier alpha value is -1.08. The van der Waals surface area contributed by atoms with Gasteiger partial charge in [-0.05, 0) is 37.3 Å². The van der Waals surface area contributed by atoms with Gasteiger partial charge in [0.05, 0.1) is 47.0 Å². The lowest BCUT2D eigenvalue weighted by atomic mass is 10.1. The van der Waals surface area contributed by atoms with Gasteiger partial charge < -0.3 is 42.4 Å². The smallest absolute Gasteiger partial charge is 0.129 e. The van der Waals surface area contributed by atoms with E-state index in [1.54, 1.807) is 0 Å². The summed E-state index contributed by atoms with van der Waals surface area (Å²) in [6.07, 6.45) is 11.9. The Kier molecular flexibility index (Phi) is 38.5. The zero-order chi connectivity index (χ0) is 28.9. The van der Waals surface area contributed by atoms with Gasteiger partial charge in [0.2, 0.25) is 0 Å². The van der Waals surface area contributed by atoms with Gasteiger partial charge in [-0.15, -0.1) is 0 Å². The summed E-state index contributed by atoms with van der Waals surface area (Å²) in [5, 5.41) is 0.578. The van der Waals surface area contributed by atoms with Gasteiger partial charge in [-0.3, -0.25) is 0 Å². The minimum absolute atomic E-state index is 0. The molecular weight excluding hydrogens is 618 g/mol. The predicted octanol–water partition coefficient (Wildman–Crippen LogP) is 0.244. The highest BCUT2D eigenvalue weighted by Gasteiger charge is 1.95. The lowest BCUT2D eigenvalue weighted by Crippen LogP contribution is -2.50. The number of rotatable bonds is 7. The van der Waals surface area contributed by atoms with Crippen LogP contribution in [0.3, 0.4) is 0 Å². The number of nitrogens with zero attached hydrogens (tertiary/aromatic N) is 1. The van der Waals surface area contributed by atoms with Crippen LogP contribution in [0.4, 0.5) is 0 Å². The number of halogens is 1. The van der Waals surface area contributed by atoms with Crippen molar-refractivity contribution in [1.29, 1.82) is 0 Å².